The van der Waals surface area contributed by atoms with Crippen molar-refractivity contribution in [3.05, 3.63) is 54.6 Å². The Hall–Kier alpha value is -3.13. The van der Waals surface area contributed by atoms with Gasteiger partial charge in [0.15, 0.2) is 11.5 Å². The van der Waals surface area contributed by atoms with E-state index in [-0.39, 0.29) is 10.7 Å². The maximum absolute atomic E-state index is 12.9. The molecule has 2 aromatic heterocycles. The number of anilines is 1. The van der Waals surface area contributed by atoms with E-state index in [1.807, 2.05) is 30.3 Å². The Bertz CT molecular complexity index is 1280. The van der Waals surface area contributed by atoms with Gasteiger partial charge in [-0.25, -0.2) is 18.1 Å². The third-order valence-electron chi connectivity index (χ3n) is 4.56. The molecule has 0 spiro atoms. The molecule has 0 aliphatic rings. The summed E-state index contributed by atoms with van der Waals surface area (Å²) >= 11 is 0. The topological polar surface area (TPSA) is 86.1 Å². The molecule has 0 amide bonds. The Labute approximate surface area is 169 Å². The van der Waals surface area contributed by atoms with Gasteiger partial charge in [-0.3, -0.25) is 4.72 Å². The summed E-state index contributed by atoms with van der Waals surface area (Å²) in [7, 11) is -2.27. The largest absolute Gasteiger partial charge is 0.497 e. The van der Waals surface area contributed by atoms with Crippen molar-refractivity contribution >= 4 is 37.8 Å². The Kier molecular flexibility index (Phi) is 4.87. The Morgan fingerprint density at radius 2 is 1.83 bits per heavy atom. The van der Waals surface area contributed by atoms with Crippen molar-refractivity contribution in [3.63, 3.8) is 0 Å². The molecule has 8 heteroatoms. The third kappa shape index (κ3) is 3.75. The molecule has 4 rings (SSSR count). The Balaban J connectivity index is 1.82. The van der Waals surface area contributed by atoms with E-state index in [0.717, 1.165) is 10.9 Å². The van der Waals surface area contributed by atoms with E-state index < -0.39 is 10.0 Å². The quantitative estimate of drug-likeness (QED) is 0.518. The molecule has 0 radical (unpaired) electrons. The van der Waals surface area contributed by atoms with Gasteiger partial charge in [-0.15, -0.1) is 0 Å². The van der Waals surface area contributed by atoms with Crippen LogP contribution in [0.15, 0.2) is 59.5 Å². The molecular formula is C21H22N4O3S. The second-order valence-corrected chi connectivity index (χ2v) is 8.94. The maximum Gasteiger partial charge on any atom is 0.263 e. The van der Waals surface area contributed by atoms with Crippen LogP contribution in [0, 0.1) is 5.92 Å². The zero-order chi connectivity index (χ0) is 20.6. The molecule has 0 aliphatic carbocycles. The van der Waals surface area contributed by atoms with Crippen molar-refractivity contribution < 1.29 is 13.2 Å². The summed E-state index contributed by atoms with van der Waals surface area (Å²) in [5, 5.41) is 6.13. The summed E-state index contributed by atoms with van der Waals surface area (Å²) in [4.78, 5) is 4.86. The van der Waals surface area contributed by atoms with E-state index in [9.17, 15) is 8.42 Å². The smallest absolute Gasteiger partial charge is 0.263 e. The number of fused-ring (bicyclic) bond motifs is 2. The van der Waals surface area contributed by atoms with Gasteiger partial charge in [0.25, 0.3) is 10.0 Å². The highest BCUT2D eigenvalue weighted by Crippen LogP contribution is 2.28. The lowest BCUT2D eigenvalue weighted by molar-refractivity contribution is 0.414. The maximum atomic E-state index is 12.9. The monoisotopic (exact) mass is 410 g/mol. The van der Waals surface area contributed by atoms with Gasteiger partial charge in [-0.1, -0.05) is 32.0 Å². The molecule has 0 bridgehead atoms. The first-order valence-corrected chi connectivity index (χ1v) is 10.8. The molecule has 0 fully saturated rings. The summed E-state index contributed by atoms with van der Waals surface area (Å²) in [5.74, 6) is 1.19. The molecule has 0 unspecified atom stereocenters. The van der Waals surface area contributed by atoms with Crippen LogP contribution in [0.25, 0.3) is 21.9 Å². The molecule has 150 valence electrons. The molecule has 0 aliphatic heterocycles. The molecule has 0 saturated heterocycles. The fourth-order valence-electron chi connectivity index (χ4n) is 3.19. The normalized spacial score (nSPS) is 12.0. The summed E-state index contributed by atoms with van der Waals surface area (Å²) < 4.78 is 35.3. The summed E-state index contributed by atoms with van der Waals surface area (Å²) in [5.41, 5.74) is 1.50. The highest BCUT2D eigenvalue weighted by molar-refractivity contribution is 7.92. The van der Waals surface area contributed by atoms with Gasteiger partial charge in [0.2, 0.25) is 0 Å². The van der Waals surface area contributed by atoms with Crippen LogP contribution in [0.2, 0.25) is 0 Å². The second-order valence-electron chi connectivity index (χ2n) is 7.26. The minimum absolute atomic E-state index is 0.138. The van der Waals surface area contributed by atoms with Gasteiger partial charge in [0, 0.05) is 11.9 Å². The van der Waals surface area contributed by atoms with E-state index in [1.165, 1.54) is 19.2 Å². The molecule has 2 heterocycles. The van der Waals surface area contributed by atoms with Crippen LogP contribution in [0.4, 0.5) is 5.82 Å². The number of methoxy groups -OCH3 is 1. The average Bonchev–Trinajstić information content (AvgIpc) is 3.01. The Morgan fingerprint density at radius 1 is 1.10 bits per heavy atom. The molecule has 29 heavy (non-hydrogen) atoms. The lowest BCUT2D eigenvalue weighted by atomic mass is 10.2. The SMILES string of the molecule is COc1ccc(S(=O)(=O)Nc2nn(CC(C)C)c3nc4ccccc4cc23)cc1. The molecular weight excluding hydrogens is 388 g/mol. The summed E-state index contributed by atoms with van der Waals surface area (Å²) in [6.07, 6.45) is 0. The van der Waals surface area contributed by atoms with Gasteiger partial charge >= 0.3 is 0 Å². The number of sulfonamides is 1. The number of rotatable bonds is 6. The first-order valence-electron chi connectivity index (χ1n) is 9.30. The minimum Gasteiger partial charge on any atom is -0.497 e. The predicted octanol–water partition coefficient (Wildman–Crippen LogP) is 4.05. The van der Waals surface area contributed by atoms with Gasteiger partial charge < -0.3 is 4.74 Å². The number of aromatic nitrogens is 3. The third-order valence-corrected chi connectivity index (χ3v) is 5.92. The first-order chi connectivity index (χ1) is 13.9. The zero-order valence-corrected chi connectivity index (χ0v) is 17.3. The van der Waals surface area contributed by atoms with Crippen molar-refractivity contribution in [2.75, 3.05) is 11.8 Å². The van der Waals surface area contributed by atoms with E-state index >= 15 is 0 Å². The van der Waals surface area contributed by atoms with Gasteiger partial charge in [0.05, 0.1) is 22.9 Å². The second kappa shape index (κ2) is 7.36. The van der Waals surface area contributed by atoms with Crippen molar-refractivity contribution in [3.8, 4) is 5.75 Å². The summed E-state index contributed by atoms with van der Waals surface area (Å²) in [6.45, 7) is 4.79. The molecule has 2 aromatic carbocycles. The number of nitrogens with one attached hydrogen (secondary N) is 1. The minimum atomic E-state index is -3.81. The van der Waals surface area contributed by atoms with Crippen molar-refractivity contribution in [1.82, 2.24) is 14.8 Å². The number of para-hydroxylation sites is 1. The highest BCUT2D eigenvalue weighted by atomic mass is 32.2. The van der Waals surface area contributed by atoms with Crippen LogP contribution in [-0.4, -0.2) is 30.3 Å². The lowest BCUT2D eigenvalue weighted by Crippen LogP contribution is -2.14. The van der Waals surface area contributed by atoms with Gasteiger partial charge in [-0.05, 0) is 42.3 Å². The van der Waals surface area contributed by atoms with Crippen LogP contribution in [0.1, 0.15) is 13.8 Å². The van der Waals surface area contributed by atoms with Crippen LogP contribution >= 0.6 is 0 Å². The van der Waals surface area contributed by atoms with Crippen LogP contribution in [0.3, 0.4) is 0 Å². The Morgan fingerprint density at radius 3 is 2.52 bits per heavy atom. The van der Waals surface area contributed by atoms with Crippen LogP contribution in [0.5, 0.6) is 5.75 Å². The number of ether oxygens (including phenoxy) is 1. The van der Waals surface area contributed by atoms with Gasteiger partial charge in [-0.2, -0.15) is 5.10 Å². The fourth-order valence-corrected chi connectivity index (χ4v) is 4.21. The van der Waals surface area contributed by atoms with E-state index in [0.29, 0.717) is 29.2 Å². The number of hydrogen-bond donors (Lipinski definition) is 1. The highest BCUT2D eigenvalue weighted by Gasteiger charge is 2.20. The zero-order valence-electron chi connectivity index (χ0n) is 16.5. The molecule has 4 aromatic rings. The predicted molar refractivity (Wildman–Crippen MR) is 114 cm³/mol. The van der Waals surface area contributed by atoms with E-state index in [2.05, 4.69) is 23.7 Å². The van der Waals surface area contributed by atoms with Crippen LogP contribution < -0.4 is 9.46 Å². The fraction of sp³-hybridized carbons (Fsp3) is 0.238. The average molecular weight is 410 g/mol. The van der Waals surface area contributed by atoms with Crippen molar-refractivity contribution in [1.29, 1.82) is 0 Å². The first kappa shape index (κ1) is 19.2. The number of nitrogens with zero attached hydrogens (tertiary/aromatic N) is 3. The van der Waals surface area contributed by atoms with Crippen molar-refractivity contribution in [2.45, 2.75) is 25.3 Å². The lowest BCUT2D eigenvalue weighted by Gasteiger charge is -2.07. The molecule has 0 atom stereocenters. The summed E-state index contributed by atoms with van der Waals surface area (Å²) in [6, 6.07) is 15.9. The van der Waals surface area contributed by atoms with Gasteiger partial charge in [0.1, 0.15) is 5.75 Å². The number of hydrogen-bond acceptors (Lipinski definition) is 5. The van der Waals surface area contributed by atoms with Crippen LogP contribution in [-0.2, 0) is 16.6 Å². The van der Waals surface area contributed by atoms with E-state index in [1.54, 1.807) is 16.8 Å². The molecule has 0 saturated carbocycles. The number of pyridine rings is 1. The standard InChI is InChI=1S/C21H22N4O3S/c1-14(2)13-25-21-18(12-15-6-4-5-7-19(15)22-21)20(23-25)24-29(26,27)17-10-8-16(28-3)9-11-17/h4-12,14H,13H2,1-3H3,(H,23,24). The molecule has 1 N–H and O–H groups in total. The molecule has 7 nitrogen and oxygen atoms in total. The van der Waals surface area contributed by atoms with Crippen molar-refractivity contribution in [2.24, 2.45) is 5.92 Å². The number of benzene rings is 2. The van der Waals surface area contributed by atoms with E-state index in [4.69, 9.17) is 9.72 Å².